The monoisotopic (exact) mass is 481 g/mol. The Hall–Kier alpha value is -3.32. The van der Waals surface area contributed by atoms with Crippen LogP contribution < -0.4 is 9.47 Å². The third kappa shape index (κ3) is 6.22. The molecule has 0 saturated carbocycles. The number of ether oxygens (including phenoxy) is 3. The molecular weight excluding hydrogens is 446 g/mol. The third-order valence-corrected chi connectivity index (χ3v) is 5.87. The highest BCUT2D eigenvalue weighted by molar-refractivity contribution is 6.46. The first kappa shape index (κ1) is 26.3. The van der Waals surface area contributed by atoms with Crippen LogP contribution in [0.5, 0.6) is 11.5 Å². The van der Waals surface area contributed by atoms with E-state index in [1.807, 2.05) is 19.1 Å². The lowest BCUT2D eigenvalue weighted by Gasteiger charge is -2.26. The summed E-state index contributed by atoms with van der Waals surface area (Å²) in [4.78, 5) is 27.7. The number of nitrogens with zero attached hydrogens (tertiary/aromatic N) is 1. The lowest BCUT2D eigenvalue weighted by atomic mass is 9.95. The maximum atomic E-state index is 13.1. The number of carbonyl (C=O) groups excluding carboxylic acids is 2. The van der Waals surface area contributed by atoms with Crippen LogP contribution in [-0.2, 0) is 14.3 Å². The number of hydrogen-bond acceptors (Lipinski definition) is 6. The van der Waals surface area contributed by atoms with E-state index in [1.54, 1.807) is 43.5 Å². The van der Waals surface area contributed by atoms with Crippen molar-refractivity contribution >= 4 is 17.4 Å². The summed E-state index contributed by atoms with van der Waals surface area (Å²) in [6.07, 6.45) is 1.46. The lowest BCUT2D eigenvalue weighted by molar-refractivity contribution is -0.140. The van der Waals surface area contributed by atoms with Gasteiger partial charge in [0.15, 0.2) is 11.5 Å². The Morgan fingerprint density at radius 3 is 2.43 bits per heavy atom. The normalized spacial score (nSPS) is 17.3. The molecule has 1 amide bonds. The predicted octanol–water partition coefficient (Wildman–Crippen LogP) is 4.97. The number of carbonyl (C=O) groups is 2. The van der Waals surface area contributed by atoms with Gasteiger partial charge in [-0.15, -0.1) is 0 Å². The number of ketones is 1. The van der Waals surface area contributed by atoms with Crippen molar-refractivity contribution in [3.05, 3.63) is 65.2 Å². The topological polar surface area (TPSA) is 85.3 Å². The second-order valence-electron chi connectivity index (χ2n) is 8.88. The Morgan fingerprint density at radius 1 is 1.03 bits per heavy atom. The highest BCUT2D eigenvalue weighted by Gasteiger charge is 2.46. The number of methoxy groups -OCH3 is 1. The van der Waals surface area contributed by atoms with Crippen LogP contribution in [0.2, 0.25) is 0 Å². The standard InChI is InChI=1S/C28H35NO6/c1-5-34-23-18-21(12-13-22(23)35-17-14-19(2)3)25-24(26(30)20-10-7-6-8-11-20)27(31)28(32)29(25)15-9-16-33-4/h6-8,10-13,18-19,25,30H,5,9,14-17H2,1-4H3. The van der Waals surface area contributed by atoms with Crippen molar-refractivity contribution in [3.63, 3.8) is 0 Å². The zero-order chi connectivity index (χ0) is 25.4. The van der Waals surface area contributed by atoms with E-state index in [1.165, 1.54) is 4.90 Å². The zero-order valence-corrected chi connectivity index (χ0v) is 21.0. The van der Waals surface area contributed by atoms with Gasteiger partial charge in [0.25, 0.3) is 11.7 Å². The molecular formula is C28H35NO6. The molecule has 0 aliphatic carbocycles. The van der Waals surface area contributed by atoms with Gasteiger partial charge >= 0.3 is 0 Å². The summed E-state index contributed by atoms with van der Waals surface area (Å²) in [7, 11) is 1.59. The largest absolute Gasteiger partial charge is 0.507 e. The second kappa shape index (κ2) is 12.4. The van der Waals surface area contributed by atoms with Crippen molar-refractivity contribution in [1.82, 2.24) is 4.90 Å². The van der Waals surface area contributed by atoms with Gasteiger partial charge in [0, 0.05) is 25.8 Å². The summed E-state index contributed by atoms with van der Waals surface area (Å²) in [5, 5.41) is 11.1. The highest BCUT2D eigenvalue weighted by Crippen LogP contribution is 2.42. The van der Waals surface area contributed by atoms with Crippen molar-refractivity contribution in [2.45, 2.75) is 39.7 Å². The summed E-state index contributed by atoms with van der Waals surface area (Å²) in [6, 6.07) is 13.5. The number of likely N-dealkylation sites (tertiary alicyclic amines) is 1. The fraction of sp³-hybridized carbons (Fsp3) is 0.429. The van der Waals surface area contributed by atoms with Crippen LogP contribution in [0.1, 0.15) is 50.8 Å². The first-order valence-electron chi connectivity index (χ1n) is 12.1. The number of aliphatic hydroxyl groups is 1. The van der Waals surface area contributed by atoms with Crippen LogP contribution in [0, 0.1) is 5.92 Å². The molecule has 0 bridgehead atoms. The average molecular weight is 482 g/mol. The van der Waals surface area contributed by atoms with Gasteiger partial charge in [-0.25, -0.2) is 0 Å². The van der Waals surface area contributed by atoms with Gasteiger partial charge in [-0.1, -0.05) is 50.2 Å². The lowest BCUT2D eigenvalue weighted by Crippen LogP contribution is -2.31. The molecule has 0 spiro atoms. The Balaban J connectivity index is 2.07. The SMILES string of the molecule is CCOc1cc(C2C(=C(O)c3ccccc3)C(=O)C(=O)N2CCCOC)ccc1OCCC(C)C. The van der Waals surface area contributed by atoms with E-state index >= 15 is 0 Å². The fourth-order valence-corrected chi connectivity index (χ4v) is 4.07. The number of rotatable bonds is 12. The van der Waals surface area contributed by atoms with E-state index in [2.05, 4.69) is 13.8 Å². The van der Waals surface area contributed by atoms with Gasteiger partial charge in [0.05, 0.1) is 24.8 Å². The van der Waals surface area contributed by atoms with Gasteiger partial charge in [-0.3, -0.25) is 9.59 Å². The van der Waals surface area contributed by atoms with E-state index in [-0.39, 0.29) is 11.3 Å². The van der Waals surface area contributed by atoms with E-state index in [0.717, 1.165) is 6.42 Å². The molecule has 3 rings (SSSR count). The molecule has 1 saturated heterocycles. The molecule has 0 aromatic heterocycles. The van der Waals surface area contributed by atoms with Crippen LogP contribution >= 0.6 is 0 Å². The molecule has 7 heteroatoms. The smallest absolute Gasteiger partial charge is 0.295 e. The number of aliphatic hydroxyl groups excluding tert-OH is 1. The van der Waals surface area contributed by atoms with Crippen molar-refractivity contribution in [2.75, 3.05) is 33.5 Å². The van der Waals surface area contributed by atoms with Crippen molar-refractivity contribution in [3.8, 4) is 11.5 Å². The van der Waals surface area contributed by atoms with Crippen LogP contribution in [0.3, 0.4) is 0 Å². The summed E-state index contributed by atoms with van der Waals surface area (Å²) in [6.45, 7) is 7.90. The summed E-state index contributed by atoms with van der Waals surface area (Å²) in [5.41, 5.74) is 1.21. The minimum Gasteiger partial charge on any atom is -0.507 e. The van der Waals surface area contributed by atoms with E-state index < -0.39 is 17.7 Å². The summed E-state index contributed by atoms with van der Waals surface area (Å²) in [5.74, 6) is 0.113. The molecule has 2 aromatic rings. The molecule has 188 valence electrons. The molecule has 1 aliphatic rings. The van der Waals surface area contributed by atoms with Gasteiger partial charge in [-0.2, -0.15) is 0 Å². The van der Waals surface area contributed by atoms with Crippen LogP contribution in [0.4, 0.5) is 0 Å². The Morgan fingerprint density at radius 2 is 1.77 bits per heavy atom. The van der Waals surface area contributed by atoms with Gasteiger partial charge < -0.3 is 24.2 Å². The maximum absolute atomic E-state index is 13.1. The number of Topliss-reactive ketones (excluding diaryl/α,β-unsaturated/α-hetero) is 1. The first-order valence-corrected chi connectivity index (χ1v) is 12.1. The van der Waals surface area contributed by atoms with E-state index in [0.29, 0.717) is 61.3 Å². The predicted molar refractivity (Wildman–Crippen MR) is 135 cm³/mol. The molecule has 1 N–H and O–H groups in total. The molecule has 1 fully saturated rings. The van der Waals surface area contributed by atoms with Crippen LogP contribution in [0.25, 0.3) is 5.76 Å². The Bertz CT molecular complexity index is 1050. The number of amides is 1. The van der Waals surface area contributed by atoms with Gasteiger partial charge in [0.2, 0.25) is 0 Å². The molecule has 1 unspecified atom stereocenters. The number of benzene rings is 2. The molecule has 7 nitrogen and oxygen atoms in total. The van der Waals surface area contributed by atoms with E-state index in [9.17, 15) is 14.7 Å². The van der Waals surface area contributed by atoms with E-state index in [4.69, 9.17) is 14.2 Å². The third-order valence-electron chi connectivity index (χ3n) is 5.87. The maximum Gasteiger partial charge on any atom is 0.295 e. The molecule has 1 heterocycles. The molecule has 1 aliphatic heterocycles. The van der Waals surface area contributed by atoms with Crippen molar-refractivity contribution in [1.29, 1.82) is 0 Å². The summed E-state index contributed by atoms with van der Waals surface area (Å²) < 4.78 is 17.0. The zero-order valence-electron chi connectivity index (χ0n) is 21.0. The second-order valence-corrected chi connectivity index (χ2v) is 8.88. The fourth-order valence-electron chi connectivity index (χ4n) is 4.07. The molecule has 1 atom stereocenters. The Kier molecular flexibility index (Phi) is 9.32. The molecule has 2 aromatic carbocycles. The van der Waals surface area contributed by atoms with Gasteiger partial charge in [0.1, 0.15) is 5.76 Å². The first-order chi connectivity index (χ1) is 16.9. The Labute approximate surface area is 207 Å². The van der Waals surface area contributed by atoms with Crippen molar-refractivity contribution in [2.24, 2.45) is 5.92 Å². The van der Waals surface area contributed by atoms with Gasteiger partial charge in [-0.05, 0) is 43.4 Å². The molecule has 0 radical (unpaired) electrons. The van der Waals surface area contributed by atoms with Crippen LogP contribution in [0.15, 0.2) is 54.1 Å². The van der Waals surface area contributed by atoms with Crippen LogP contribution in [-0.4, -0.2) is 55.2 Å². The quantitative estimate of drug-likeness (QED) is 0.199. The number of hydrogen-bond donors (Lipinski definition) is 1. The van der Waals surface area contributed by atoms with Crippen molar-refractivity contribution < 1.29 is 28.9 Å². The highest BCUT2D eigenvalue weighted by atomic mass is 16.5. The summed E-state index contributed by atoms with van der Waals surface area (Å²) >= 11 is 0. The minimum absolute atomic E-state index is 0.0644. The average Bonchev–Trinajstić information content (AvgIpc) is 3.10. The molecule has 35 heavy (non-hydrogen) atoms. The minimum atomic E-state index is -0.754.